The molecule has 2 atom stereocenters. The van der Waals surface area contributed by atoms with Crippen LogP contribution in [-0.4, -0.2) is 62.1 Å². The summed E-state index contributed by atoms with van der Waals surface area (Å²) in [5, 5.41) is 0. The summed E-state index contributed by atoms with van der Waals surface area (Å²) in [6.07, 6.45) is 0.00115. The highest BCUT2D eigenvalue weighted by Crippen LogP contribution is 2.51. The van der Waals surface area contributed by atoms with Crippen molar-refractivity contribution in [3.63, 3.8) is 0 Å². The van der Waals surface area contributed by atoms with E-state index >= 15 is 0 Å². The Hall–Kier alpha value is -1.11. The van der Waals surface area contributed by atoms with Crippen LogP contribution in [0.5, 0.6) is 0 Å². The molecule has 0 radical (unpaired) electrons. The Balaban J connectivity index is 2.96. The van der Waals surface area contributed by atoms with Crippen molar-refractivity contribution in [1.29, 1.82) is 0 Å². The van der Waals surface area contributed by atoms with Crippen molar-refractivity contribution in [1.82, 2.24) is 4.90 Å². The molecule has 0 aromatic rings. The van der Waals surface area contributed by atoms with Crippen LogP contribution in [0.3, 0.4) is 0 Å². The Bertz CT molecular complexity index is 461. The van der Waals surface area contributed by atoms with Crippen molar-refractivity contribution < 1.29 is 32.7 Å². The Morgan fingerprint density at radius 1 is 1.00 bits per heavy atom. The third-order valence-corrected chi connectivity index (χ3v) is 5.88. The van der Waals surface area contributed by atoms with Gasteiger partial charge in [0.1, 0.15) is 6.04 Å². The van der Waals surface area contributed by atoms with Gasteiger partial charge in [0.25, 0.3) is 0 Å². The van der Waals surface area contributed by atoms with E-state index in [1.54, 1.807) is 27.7 Å². The molecular formula is C15H28NO7P. The summed E-state index contributed by atoms with van der Waals surface area (Å²) in [7, 11) is -3.32. The molecule has 1 amide bonds. The van der Waals surface area contributed by atoms with Gasteiger partial charge in [-0.2, -0.15) is 0 Å². The fraction of sp³-hybridized carbons (Fsp3) is 0.867. The molecule has 0 aromatic carbocycles. The minimum atomic E-state index is -3.32. The average molecular weight is 365 g/mol. The number of esters is 1. The molecule has 8 nitrogen and oxygen atoms in total. The first kappa shape index (κ1) is 20.9. The van der Waals surface area contributed by atoms with Crippen LogP contribution in [-0.2, 0) is 27.9 Å². The zero-order chi connectivity index (χ0) is 18.2. The lowest BCUT2D eigenvalue weighted by atomic mass is 10.0. The number of carbonyl (C=O) groups excluding carboxylic acids is 2. The van der Waals surface area contributed by atoms with Crippen molar-refractivity contribution in [2.24, 2.45) is 5.92 Å². The van der Waals surface area contributed by atoms with E-state index in [2.05, 4.69) is 0 Å². The second-order valence-corrected chi connectivity index (χ2v) is 7.37. The van der Waals surface area contributed by atoms with E-state index in [0.717, 1.165) is 0 Å². The largest absolute Gasteiger partial charge is 0.464 e. The highest BCUT2D eigenvalue weighted by atomic mass is 31.2. The maximum atomic E-state index is 12.8. The molecule has 1 aliphatic rings. The number of nitrogens with zero attached hydrogens (tertiary/aromatic N) is 1. The van der Waals surface area contributed by atoms with E-state index in [0.29, 0.717) is 13.0 Å². The van der Waals surface area contributed by atoms with Crippen molar-refractivity contribution in [3.05, 3.63) is 0 Å². The molecule has 140 valence electrons. The number of hydrogen-bond acceptors (Lipinski definition) is 7. The van der Waals surface area contributed by atoms with Gasteiger partial charge in [-0.3, -0.25) is 9.46 Å². The van der Waals surface area contributed by atoms with Gasteiger partial charge in [-0.05, 0) is 34.1 Å². The van der Waals surface area contributed by atoms with Gasteiger partial charge in [0, 0.05) is 12.5 Å². The number of amides is 1. The summed E-state index contributed by atoms with van der Waals surface area (Å²) in [6, 6.07) is -0.835. The van der Waals surface area contributed by atoms with Crippen LogP contribution in [0, 0.1) is 5.92 Å². The molecular weight excluding hydrogens is 337 g/mol. The maximum Gasteiger partial charge on any atom is 0.410 e. The second kappa shape index (κ2) is 10.0. The smallest absolute Gasteiger partial charge is 0.410 e. The lowest BCUT2D eigenvalue weighted by Gasteiger charge is -2.27. The minimum absolute atomic E-state index is 0.0636. The molecule has 0 saturated carbocycles. The molecule has 2 unspecified atom stereocenters. The normalized spacial score (nSPS) is 20.9. The lowest BCUT2D eigenvalue weighted by Crippen LogP contribution is -2.45. The molecule has 9 heteroatoms. The third kappa shape index (κ3) is 5.46. The molecule has 1 fully saturated rings. The first-order chi connectivity index (χ1) is 11.4. The number of ether oxygens (including phenoxy) is 2. The zero-order valence-corrected chi connectivity index (χ0v) is 15.8. The Kier molecular flexibility index (Phi) is 8.73. The van der Waals surface area contributed by atoms with Gasteiger partial charge < -0.3 is 18.5 Å². The maximum absolute atomic E-state index is 12.8. The number of likely N-dealkylation sites (tertiary alicyclic amines) is 1. The highest BCUT2D eigenvalue weighted by Gasteiger charge is 2.46. The molecule has 24 heavy (non-hydrogen) atoms. The summed E-state index contributed by atoms with van der Waals surface area (Å²) >= 11 is 0. The summed E-state index contributed by atoms with van der Waals surface area (Å²) < 4.78 is 33.5. The van der Waals surface area contributed by atoms with Crippen LogP contribution in [0.25, 0.3) is 0 Å². The molecule has 0 spiro atoms. The number of carbonyl (C=O) groups is 2. The molecule has 1 saturated heterocycles. The van der Waals surface area contributed by atoms with Gasteiger partial charge in [-0.15, -0.1) is 0 Å². The van der Waals surface area contributed by atoms with Crippen molar-refractivity contribution >= 4 is 19.7 Å². The summed E-state index contributed by atoms with van der Waals surface area (Å²) in [6.45, 7) is 8.10. The van der Waals surface area contributed by atoms with Crippen LogP contribution in [0.1, 0.15) is 34.1 Å². The van der Waals surface area contributed by atoms with E-state index in [1.807, 2.05) is 0 Å². The first-order valence-corrected chi connectivity index (χ1v) is 10.1. The number of hydrogen-bond donors (Lipinski definition) is 0. The van der Waals surface area contributed by atoms with Crippen LogP contribution >= 0.6 is 7.60 Å². The van der Waals surface area contributed by atoms with E-state index in [4.69, 9.17) is 18.5 Å². The van der Waals surface area contributed by atoms with Gasteiger partial charge in [0.05, 0.1) is 32.6 Å². The van der Waals surface area contributed by atoms with E-state index in [-0.39, 0.29) is 38.5 Å². The molecule has 1 aliphatic heterocycles. The predicted octanol–water partition coefficient (Wildman–Crippen LogP) is 2.66. The number of rotatable bonds is 9. The van der Waals surface area contributed by atoms with Gasteiger partial charge in [-0.25, -0.2) is 9.59 Å². The van der Waals surface area contributed by atoms with E-state index < -0.39 is 25.7 Å². The van der Waals surface area contributed by atoms with Gasteiger partial charge >= 0.3 is 19.7 Å². The Morgan fingerprint density at radius 3 is 2.08 bits per heavy atom. The van der Waals surface area contributed by atoms with Crippen LogP contribution in [0.15, 0.2) is 0 Å². The van der Waals surface area contributed by atoms with Crippen LogP contribution in [0.4, 0.5) is 4.79 Å². The first-order valence-electron chi connectivity index (χ1n) is 8.40. The van der Waals surface area contributed by atoms with E-state index in [1.165, 1.54) is 4.90 Å². The fourth-order valence-electron chi connectivity index (χ4n) is 2.83. The molecule has 0 aliphatic carbocycles. The van der Waals surface area contributed by atoms with Crippen LogP contribution < -0.4 is 0 Å². The molecule has 0 aromatic heterocycles. The molecule has 1 rings (SSSR count). The molecule has 0 N–H and O–H groups in total. The predicted molar refractivity (Wildman–Crippen MR) is 88.0 cm³/mol. The van der Waals surface area contributed by atoms with Gasteiger partial charge in [0.15, 0.2) is 0 Å². The van der Waals surface area contributed by atoms with Gasteiger partial charge in [0.2, 0.25) is 0 Å². The van der Waals surface area contributed by atoms with Crippen LogP contribution in [0.2, 0.25) is 0 Å². The Morgan fingerprint density at radius 2 is 1.58 bits per heavy atom. The zero-order valence-electron chi connectivity index (χ0n) is 14.9. The second-order valence-electron chi connectivity index (χ2n) is 5.27. The minimum Gasteiger partial charge on any atom is -0.464 e. The van der Waals surface area contributed by atoms with Crippen molar-refractivity contribution in [2.75, 3.05) is 39.1 Å². The fourth-order valence-corrected chi connectivity index (χ4v) is 4.86. The SMILES string of the molecule is CCOC(=O)C1C(CP(=O)(OCC)OCC)CCN1C(=O)OCC. The lowest BCUT2D eigenvalue weighted by molar-refractivity contribution is -0.149. The highest BCUT2D eigenvalue weighted by molar-refractivity contribution is 7.53. The quantitative estimate of drug-likeness (QED) is 0.458. The molecule has 0 bridgehead atoms. The average Bonchev–Trinajstić information content (AvgIpc) is 2.91. The van der Waals surface area contributed by atoms with Crippen molar-refractivity contribution in [2.45, 2.75) is 40.2 Å². The standard InChI is InChI=1S/C15H28NO7P/c1-5-20-14(17)13-12(9-10-16(13)15(18)21-6-2)11-24(19,22-7-3)23-8-4/h12-13H,5-11H2,1-4H3. The third-order valence-electron chi connectivity index (χ3n) is 3.66. The van der Waals surface area contributed by atoms with E-state index in [9.17, 15) is 14.2 Å². The summed E-state index contributed by atoms with van der Waals surface area (Å²) in [4.78, 5) is 25.8. The molecule has 1 heterocycles. The summed E-state index contributed by atoms with van der Waals surface area (Å²) in [5.41, 5.74) is 0. The van der Waals surface area contributed by atoms with Crippen molar-refractivity contribution in [3.8, 4) is 0 Å². The topological polar surface area (TPSA) is 91.4 Å². The summed E-state index contributed by atoms with van der Waals surface area (Å²) in [5.74, 6) is -0.884. The Labute approximate surface area is 143 Å². The van der Waals surface area contributed by atoms with Gasteiger partial charge in [-0.1, -0.05) is 0 Å². The monoisotopic (exact) mass is 365 g/mol.